The van der Waals surface area contributed by atoms with Gasteiger partial charge in [-0.15, -0.1) is 0 Å². The molecule has 100 valence electrons. The minimum atomic E-state index is -0.645. The molecular weight excluding hydrogens is 246 g/mol. The van der Waals surface area contributed by atoms with E-state index in [4.69, 9.17) is 0 Å². The lowest BCUT2D eigenvalue weighted by Crippen LogP contribution is -2.60. The Hall–Kier alpha value is -2.37. The Bertz CT molecular complexity index is 501. The largest absolute Gasteiger partial charge is 0.334 e. The van der Waals surface area contributed by atoms with E-state index in [1.54, 1.807) is 6.92 Å². The van der Waals surface area contributed by atoms with Gasteiger partial charge in [0.05, 0.1) is 0 Å². The fourth-order valence-electron chi connectivity index (χ4n) is 1.84. The fraction of sp³-hybridized carbons (Fsp3) is 0.308. The fourth-order valence-corrected chi connectivity index (χ4v) is 1.84. The quantitative estimate of drug-likeness (QED) is 0.749. The number of nitrogens with one attached hydrogen (secondary N) is 2. The zero-order valence-electron chi connectivity index (χ0n) is 10.6. The van der Waals surface area contributed by atoms with E-state index >= 15 is 0 Å². The molecule has 0 aromatic heterocycles. The Balaban J connectivity index is 1.95. The molecule has 6 nitrogen and oxygen atoms in total. The number of amides is 4. The highest BCUT2D eigenvalue weighted by atomic mass is 16.2. The van der Waals surface area contributed by atoms with Crippen LogP contribution in [-0.4, -0.2) is 35.3 Å². The van der Waals surface area contributed by atoms with E-state index in [2.05, 4.69) is 10.6 Å². The zero-order valence-corrected chi connectivity index (χ0v) is 10.6. The average Bonchev–Trinajstić information content (AvgIpc) is 2.41. The topological polar surface area (TPSA) is 78.5 Å². The molecule has 1 aliphatic rings. The lowest BCUT2D eigenvalue weighted by atomic mass is 10.2. The van der Waals surface area contributed by atoms with E-state index in [-0.39, 0.29) is 6.54 Å². The molecule has 0 bridgehead atoms. The molecule has 19 heavy (non-hydrogen) atoms. The van der Waals surface area contributed by atoms with Crippen LogP contribution in [0.3, 0.4) is 0 Å². The van der Waals surface area contributed by atoms with E-state index in [1.165, 1.54) is 4.90 Å². The number of carbonyl (C=O) groups is 3. The third kappa shape index (κ3) is 3.09. The van der Waals surface area contributed by atoms with E-state index in [1.807, 2.05) is 30.3 Å². The summed E-state index contributed by atoms with van der Waals surface area (Å²) < 4.78 is 0. The van der Waals surface area contributed by atoms with Crippen LogP contribution in [0.1, 0.15) is 12.5 Å². The molecular formula is C13H15N3O3. The Morgan fingerprint density at radius 3 is 2.74 bits per heavy atom. The van der Waals surface area contributed by atoms with Crippen LogP contribution >= 0.6 is 0 Å². The van der Waals surface area contributed by atoms with Crippen molar-refractivity contribution in [3.05, 3.63) is 35.9 Å². The van der Waals surface area contributed by atoms with Crippen molar-refractivity contribution in [2.45, 2.75) is 19.5 Å². The summed E-state index contributed by atoms with van der Waals surface area (Å²) in [5.74, 6) is -0.913. The lowest BCUT2D eigenvalue weighted by molar-refractivity contribution is -0.137. The van der Waals surface area contributed by atoms with Gasteiger partial charge in [-0.05, 0) is 12.5 Å². The second-order valence-electron chi connectivity index (χ2n) is 4.36. The molecule has 1 saturated heterocycles. The molecule has 0 radical (unpaired) electrons. The monoisotopic (exact) mass is 261 g/mol. The molecule has 1 aromatic rings. The van der Waals surface area contributed by atoms with Gasteiger partial charge in [0.1, 0.15) is 12.6 Å². The molecule has 0 spiro atoms. The van der Waals surface area contributed by atoms with Crippen LogP contribution in [0.15, 0.2) is 30.3 Å². The number of rotatable bonds is 2. The Labute approximate surface area is 110 Å². The smallest absolute Gasteiger partial charge is 0.318 e. The first-order valence-corrected chi connectivity index (χ1v) is 6.00. The van der Waals surface area contributed by atoms with Crippen LogP contribution in [0.2, 0.25) is 0 Å². The second kappa shape index (κ2) is 5.51. The minimum absolute atomic E-state index is 0.104. The number of piperazine rings is 1. The molecule has 1 aromatic carbocycles. The number of urea groups is 1. The van der Waals surface area contributed by atoms with Gasteiger partial charge in [-0.25, -0.2) is 4.79 Å². The molecule has 1 atom stereocenters. The number of carbonyl (C=O) groups excluding carboxylic acids is 3. The van der Waals surface area contributed by atoms with E-state index in [0.29, 0.717) is 6.54 Å². The van der Waals surface area contributed by atoms with Gasteiger partial charge >= 0.3 is 6.03 Å². The number of benzene rings is 1. The number of hydrogen-bond acceptors (Lipinski definition) is 3. The lowest BCUT2D eigenvalue weighted by Gasteiger charge is -2.31. The summed E-state index contributed by atoms with van der Waals surface area (Å²) in [5, 5.41) is 4.88. The predicted molar refractivity (Wildman–Crippen MR) is 68.0 cm³/mol. The predicted octanol–water partition coefficient (Wildman–Crippen LogP) is 0.243. The van der Waals surface area contributed by atoms with Gasteiger partial charge in [-0.1, -0.05) is 30.3 Å². The van der Waals surface area contributed by atoms with Gasteiger partial charge in [0.25, 0.3) is 0 Å². The van der Waals surface area contributed by atoms with Crippen molar-refractivity contribution in [3.8, 4) is 0 Å². The second-order valence-corrected chi connectivity index (χ2v) is 4.36. The van der Waals surface area contributed by atoms with E-state index in [9.17, 15) is 14.4 Å². The molecule has 1 aliphatic heterocycles. The normalized spacial score (nSPS) is 19.0. The van der Waals surface area contributed by atoms with Gasteiger partial charge in [-0.2, -0.15) is 0 Å². The maximum Gasteiger partial charge on any atom is 0.318 e. The van der Waals surface area contributed by atoms with Crippen molar-refractivity contribution in [3.63, 3.8) is 0 Å². The maximum absolute atomic E-state index is 12.0. The van der Waals surface area contributed by atoms with Crippen molar-refractivity contribution in [2.75, 3.05) is 6.54 Å². The first-order valence-electron chi connectivity index (χ1n) is 6.00. The van der Waals surface area contributed by atoms with Gasteiger partial charge in [0.2, 0.25) is 11.8 Å². The number of imide groups is 1. The first kappa shape index (κ1) is 13.1. The van der Waals surface area contributed by atoms with Crippen LogP contribution in [0.25, 0.3) is 0 Å². The van der Waals surface area contributed by atoms with Gasteiger partial charge < -0.3 is 10.2 Å². The molecule has 2 N–H and O–H groups in total. The molecule has 2 rings (SSSR count). The highest BCUT2D eigenvalue weighted by Gasteiger charge is 2.33. The summed E-state index contributed by atoms with van der Waals surface area (Å²) >= 11 is 0. The third-order valence-corrected chi connectivity index (χ3v) is 2.97. The zero-order chi connectivity index (χ0) is 13.8. The molecule has 0 saturated carbocycles. The summed E-state index contributed by atoms with van der Waals surface area (Å²) in [4.78, 5) is 35.9. The summed E-state index contributed by atoms with van der Waals surface area (Å²) in [6.07, 6.45) is 0. The first-order chi connectivity index (χ1) is 9.08. The van der Waals surface area contributed by atoms with Crippen molar-refractivity contribution >= 4 is 17.8 Å². The minimum Gasteiger partial charge on any atom is -0.334 e. The molecule has 4 amide bonds. The van der Waals surface area contributed by atoms with Crippen molar-refractivity contribution in [1.29, 1.82) is 0 Å². The molecule has 1 unspecified atom stereocenters. The maximum atomic E-state index is 12.0. The van der Waals surface area contributed by atoms with Crippen LogP contribution in [0.5, 0.6) is 0 Å². The average molecular weight is 261 g/mol. The summed E-state index contributed by atoms with van der Waals surface area (Å²) in [5.41, 5.74) is 0.955. The van der Waals surface area contributed by atoms with Gasteiger partial charge in [0, 0.05) is 6.54 Å². The summed E-state index contributed by atoms with van der Waals surface area (Å²) in [6.45, 7) is 1.84. The van der Waals surface area contributed by atoms with Crippen LogP contribution < -0.4 is 10.6 Å². The Morgan fingerprint density at radius 2 is 2.05 bits per heavy atom. The van der Waals surface area contributed by atoms with Crippen LogP contribution in [0, 0.1) is 0 Å². The van der Waals surface area contributed by atoms with E-state index in [0.717, 1.165) is 5.56 Å². The third-order valence-electron chi connectivity index (χ3n) is 2.97. The van der Waals surface area contributed by atoms with Crippen molar-refractivity contribution < 1.29 is 14.4 Å². The van der Waals surface area contributed by atoms with Crippen molar-refractivity contribution in [1.82, 2.24) is 15.5 Å². The molecule has 1 fully saturated rings. The van der Waals surface area contributed by atoms with Gasteiger partial charge in [0.15, 0.2) is 0 Å². The van der Waals surface area contributed by atoms with E-state index < -0.39 is 23.9 Å². The van der Waals surface area contributed by atoms with Crippen LogP contribution in [-0.2, 0) is 16.1 Å². The Kier molecular flexibility index (Phi) is 3.79. The highest BCUT2D eigenvalue weighted by Crippen LogP contribution is 2.05. The molecule has 0 aliphatic carbocycles. The van der Waals surface area contributed by atoms with Crippen LogP contribution in [0.4, 0.5) is 4.79 Å². The Morgan fingerprint density at radius 1 is 1.37 bits per heavy atom. The molecule has 6 heteroatoms. The summed E-state index contributed by atoms with van der Waals surface area (Å²) in [6, 6.07) is 8.36. The number of nitrogens with zero attached hydrogens (tertiary/aromatic N) is 1. The highest BCUT2D eigenvalue weighted by molar-refractivity contribution is 6.03. The summed E-state index contributed by atoms with van der Waals surface area (Å²) in [7, 11) is 0. The van der Waals surface area contributed by atoms with Crippen molar-refractivity contribution in [2.24, 2.45) is 0 Å². The number of hydrogen-bond donors (Lipinski definition) is 2. The SMILES string of the molecule is CC1C(=O)NC(=O)CN1C(=O)NCc1ccccc1. The molecule has 1 heterocycles. The van der Waals surface area contributed by atoms with Gasteiger partial charge in [-0.3, -0.25) is 14.9 Å². The standard InChI is InChI=1S/C13H15N3O3/c1-9-12(18)15-11(17)8-16(9)13(19)14-7-10-5-3-2-4-6-10/h2-6,9H,7-8H2,1H3,(H,14,19)(H,15,17,18).